The number of benzene rings is 1. The van der Waals surface area contributed by atoms with Crippen molar-refractivity contribution in [2.45, 2.75) is 39.4 Å². The normalized spacial score (nSPS) is 16.5. The average molecular weight is 382 g/mol. The molecule has 1 fully saturated rings. The summed E-state index contributed by atoms with van der Waals surface area (Å²) in [6, 6.07) is 13.2. The summed E-state index contributed by atoms with van der Waals surface area (Å²) in [6.45, 7) is 3.66. The first kappa shape index (κ1) is 19.9. The highest BCUT2D eigenvalue weighted by Crippen LogP contribution is 2.20. The Labute approximate surface area is 165 Å². The fourth-order valence-corrected chi connectivity index (χ4v) is 3.21. The van der Waals surface area contributed by atoms with E-state index in [0.29, 0.717) is 19.6 Å². The lowest BCUT2D eigenvalue weighted by molar-refractivity contribution is -0.153. The van der Waals surface area contributed by atoms with Crippen LogP contribution in [0.4, 0.5) is 0 Å². The number of rotatable bonds is 7. The molecule has 1 amide bonds. The van der Waals surface area contributed by atoms with Crippen LogP contribution in [-0.2, 0) is 27.5 Å². The van der Waals surface area contributed by atoms with E-state index in [1.807, 2.05) is 49.4 Å². The summed E-state index contributed by atoms with van der Waals surface area (Å²) in [5.74, 6) is 0.370. The van der Waals surface area contributed by atoms with Crippen molar-refractivity contribution in [1.29, 1.82) is 0 Å². The van der Waals surface area contributed by atoms with Gasteiger partial charge >= 0.3 is 5.97 Å². The minimum Gasteiger partial charge on any atom is -0.487 e. The maximum Gasteiger partial charge on any atom is 0.311 e. The van der Waals surface area contributed by atoms with Crippen molar-refractivity contribution >= 4 is 11.9 Å². The van der Waals surface area contributed by atoms with Gasteiger partial charge in [-0.15, -0.1) is 0 Å². The highest BCUT2D eigenvalue weighted by molar-refractivity contribution is 5.78. The third-order valence-electron chi connectivity index (χ3n) is 4.83. The van der Waals surface area contributed by atoms with E-state index < -0.39 is 0 Å². The van der Waals surface area contributed by atoms with Gasteiger partial charge in [-0.25, -0.2) is 0 Å². The van der Waals surface area contributed by atoms with Crippen LogP contribution in [0.1, 0.15) is 37.4 Å². The first-order valence-electron chi connectivity index (χ1n) is 9.71. The third-order valence-corrected chi connectivity index (χ3v) is 4.83. The van der Waals surface area contributed by atoms with Crippen LogP contribution in [-0.4, -0.2) is 34.8 Å². The number of carbonyl (C=O) groups excluding carboxylic acids is 2. The Morgan fingerprint density at radius 3 is 2.68 bits per heavy atom. The van der Waals surface area contributed by atoms with Crippen molar-refractivity contribution < 1.29 is 19.1 Å². The number of esters is 1. The lowest BCUT2D eigenvalue weighted by Gasteiger charge is -2.31. The predicted octanol–water partition coefficient (Wildman–Crippen LogP) is 3.35. The van der Waals surface area contributed by atoms with Gasteiger partial charge in [-0.1, -0.05) is 25.1 Å². The number of likely N-dealkylation sites (tertiary alicyclic amines) is 1. The van der Waals surface area contributed by atoms with Crippen LogP contribution in [0.2, 0.25) is 0 Å². The summed E-state index contributed by atoms with van der Waals surface area (Å²) >= 11 is 0. The molecular formula is C22H26N2O4. The second-order valence-electron chi connectivity index (χ2n) is 6.89. The van der Waals surface area contributed by atoms with Gasteiger partial charge in [0.2, 0.25) is 5.91 Å². The van der Waals surface area contributed by atoms with Crippen molar-refractivity contribution in [2.75, 3.05) is 13.1 Å². The van der Waals surface area contributed by atoms with Gasteiger partial charge in [0.15, 0.2) is 0 Å². The van der Waals surface area contributed by atoms with Crippen molar-refractivity contribution in [3.63, 3.8) is 0 Å². The molecule has 1 saturated heterocycles. The molecule has 0 aliphatic carbocycles. The van der Waals surface area contributed by atoms with Crippen LogP contribution in [0.5, 0.6) is 5.75 Å². The molecule has 1 aromatic carbocycles. The highest BCUT2D eigenvalue weighted by Gasteiger charge is 2.28. The van der Waals surface area contributed by atoms with Gasteiger partial charge in [0.25, 0.3) is 0 Å². The zero-order valence-corrected chi connectivity index (χ0v) is 16.2. The predicted molar refractivity (Wildman–Crippen MR) is 104 cm³/mol. The van der Waals surface area contributed by atoms with Crippen LogP contribution < -0.4 is 4.74 Å². The molecule has 1 aliphatic heterocycles. The van der Waals surface area contributed by atoms with Crippen molar-refractivity contribution in [1.82, 2.24) is 9.88 Å². The molecular weight excluding hydrogens is 356 g/mol. The average Bonchev–Trinajstić information content (AvgIpc) is 2.77. The van der Waals surface area contributed by atoms with E-state index in [1.54, 1.807) is 11.1 Å². The molecule has 6 heteroatoms. The van der Waals surface area contributed by atoms with Crippen LogP contribution in [0.15, 0.2) is 48.7 Å². The van der Waals surface area contributed by atoms with Crippen molar-refractivity contribution in [3.8, 4) is 5.75 Å². The maximum absolute atomic E-state index is 12.4. The smallest absolute Gasteiger partial charge is 0.311 e. The lowest BCUT2D eigenvalue weighted by Crippen LogP contribution is -2.42. The fraction of sp³-hybridized carbons (Fsp3) is 0.409. The van der Waals surface area contributed by atoms with Crippen LogP contribution in [0.3, 0.4) is 0 Å². The molecule has 0 spiro atoms. The van der Waals surface area contributed by atoms with E-state index in [9.17, 15) is 9.59 Å². The molecule has 0 bridgehead atoms. The van der Waals surface area contributed by atoms with Crippen LogP contribution >= 0.6 is 0 Å². The minimum absolute atomic E-state index is 0.0961. The number of ether oxygens (including phenoxy) is 2. The van der Waals surface area contributed by atoms with E-state index in [1.165, 1.54) is 0 Å². The number of amides is 1. The first-order valence-corrected chi connectivity index (χ1v) is 9.71. The maximum atomic E-state index is 12.4. The summed E-state index contributed by atoms with van der Waals surface area (Å²) in [5.41, 5.74) is 1.76. The van der Waals surface area contributed by atoms with Crippen molar-refractivity contribution in [2.24, 2.45) is 5.92 Å². The number of piperidine rings is 1. The Kier molecular flexibility index (Phi) is 7.00. The molecule has 2 heterocycles. The van der Waals surface area contributed by atoms with E-state index >= 15 is 0 Å². The molecule has 6 nitrogen and oxygen atoms in total. The number of pyridine rings is 1. The van der Waals surface area contributed by atoms with E-state index in [4.69, 9.17) is 9.47 Å². The Morgan fingerprint density at radius 2 is 1.96 bits per heavy atom. The van der Waals surface area contributed by atoms with Gasteiger partial charge in [0, 0.05) is 25.7 Å². The molecule has 28 heavy (non-hydrogen) atoms. The molecule has 3 rings (SSSR count). The minimum atomic E-state index is -0.232. The molecule has 1 atom stereocenters. The molecule has 0 saturated carbocycles. The quantitative estimate of drug-likeness (QED) is 0.687. The van der Waals surface area contributed by atoms with E-state index in [0.717, 1.165) is 36.4 Å². The summed E-state index contributed by atoms with van der Waals surface area (Å²) in [5, 5.41) is 0. The molecule has 1 unspecified atom stereocenters. The second kappa shape index (κ2) is 9.88. The molecule has 148 valence electrons. The Hall–Kier alpha value is -2.89. The monoisotopic (exact) mass is 382 g/mol. The summed E-state index contributed by atoms with van der Waals surface area (Å²) in [4.78, 5) is 30.2. The number of hydrogen-bond acceptors (Lipinski definition) is 5. The van der Waals surface area contributed by atoms with Gasteiger partial charge in [-0.2, -0.15) is 0 Å². The van der Waals surface area contributed by atoms with Gasteiger partial charge < -0.3 is 14.4 Å². The number of nitrogens with zero attached hydrogens (tertiary/aromatic N) is 2. The van der Waals surface area contributed by atoms with E-state index in [2.05, 4.69) is 4.98 Å². The molecule has 0 radical (unpaired) electrons. The van der Waals surface area contributed by atoms with Crippen LogP contribution in [0.25, 0.3) is 0 Å². The number of carbonyl (C=O) groups is 2. The molecule has 2 aromatic rings. The lowest BCUT2D eigenvalue weighted by atomic mass is 9.98. The third kappa shape index (κ3) is 5.55. The second-order valence-corrected chi connectivity index (χ2v) is 6.89. The SMILES string of the molecule is CCC(=O)N1CCCC(C(=O)OCc2ccc(OCc3ccccn3)cc2)C1. The Morgan fingerprint density at radius 1 is 1.14 bits per heavy atom. The van der Waals surface area contributed by atoms with E-state index in [-0.39, 0.29) is 24.4 Å². The van der Waals surface area contributed by atoms with Gasteiger partial charge in [-0.3, -0.25) is 14.6 Å². The first-order chi connectivity index (χ1) is 13.7. The van der Waals surface area contributed by atoms with Crippen molar-refractivity contribution in [3.05, 3.63) is 59.9 Å². The Balaban J connectivity index is 1.45. The zero-order chi connectivity index (χ0) is 19.8. The topological polar surface area (TPSA) is 68.7 Å². The van der Waals surface area contributed by atoms with Gasteiger partial charge in [-0.05, 0) is 42.7 Å². The summed E-state index contributed by atoms with van der Waals surface area (Å²) < 4.78 is 11.2. The number of hydrogen-bond donors (Lipinski definition) is 0. The molecule has 1 aromatic heterocycles. The largest absolute Gasteiger partial charge is 0.487 e. The van der Waals surface area contributed by atoms with Crippen LogP contribution in [0, 0.1) is 5.92 Å². The summed E-state index contributed by atoms with van der Waals surface area (Å²) in [7, 11) is 0. The molecule has 0 N–H and O–H groups in total. The number of aromatic nitrogens is 1. The zero-order valence-electron chi connectivity index (χ0n) is 16.2. The Bertz CT molecular complexity index is 777. The molecule has 1 aliphatic rings. The van der Waals surface area contributed by atoms with Gasteiger partial charge in [0.05, 0.1) is 11.6 Å². The fourth-order valence-electron chi connectivity index (χ4n) is 3.21. The standard InChI is InChI=1S/C22H26N2O4/c1-2-21(25)24-13-5-6-18(14-24)22(26)28-15-17-8-10-20(11-9-17)27-16-19-7-3-4-12-23-19/h3-4,7-12,18H,2,5-6,13-16H2,1H3. The highest BCUT2D eigenvalue weighted by atomic mass is 16.5. The van der Waals surface area contributed by atoms with Gasteiger partial charge in [0.1, 0.15) is 19.0 Å². The summed E-state index contributed by atoms with van der Waals surface area (Å²) in [6.07, 6.45) is 3.82.